The maximum atomic E-state index is 14.0. The van der Waals surface area contributed by atoms with Crippen LogP contribution in [0.3, 0.4) is 0 Å². The van der Waals surface area contributed by atoms with Crippen LogP contribution in [0.4, 0.5) is 10.5 Å². The lowest BCUT2D eigenvalue weighted by Crippen LogP contribution is -2.45. The predicted molar refractivity (Wildman–Crippen MR) is 195 cm³/mol. The molecule has 4 aromatic carbocycles. The summed E-state index contributed by atoms with van der Waals surface area (Å²) in [6.45, 7) is 2.01. The zero-order chi connectivity index (χ0) is 39.1. The number of nitrogens with one attached hydrogen (secondary N) is 1. The van der Waals surface area contributed by atoms with Crippen LogP contribution in [0.15, 0.2) is 103 Å². The molecule has 3 atom stereocenters. The molecule has 14 nitrogen and oxygen atoms in total. The van der Waals surface area contributed by atoms with Crippen molar-refractivity contribution in [3.63, 3.8) is 0 Å². The summed E-state index contributed by atoms with van der Waals surface area (Å²) in [5, 5.41) is 0.325. The van der Waals surface area contributed by atoms with Crippen molar-refractivity contribution in [3.8, 4) is 5.75 Å². The zero-order valence-electron chi connectivity index (χ0n) is 30.0. The van der Waals surface area contributed by atoms with Gasteiger partial charge in [-0.15, -0.1) is 0 Å². The van der Waals surface area contributed by atoms with E-state index in [1.165, 1.54) is 31.1 Å². The van der Waals surface area contributed by atoms with Crippen LogP contribution in [-0.2, 0) is 55.9 Å². The number of H-pyrrole nitrogens is 1. The Hall–Kier alpha value is -6.96. The second-order valence-electron chi connectivity index (χ2n) is 12.5. The number of aromatic nitrogens is 1. The van der Waals surface area contributed by atoms with Gasteiger partial charge in [0.1, 0.15) is 18.4 Å². The quantitative estimate of drug-likeness (QED) is 0.0937. The Labute approximate surface area is 314 Å². The standard InChI is InChI=1S/C41H36N2O12/c1-24(44)52-36(27-15-9-5-10-16-27)39(47)54-29-19-30-31-20-32(38(46)50-3)42-35(31)34(55-40(48)37(53-25(2)45)28-17-11-6-12-18-28)21-33(30)43(22-29)41(49)51-23-26-13-7-4-8-14-26/h4-18,20-21,29,36-37,42H,19,22-23H2,1-3H3/t29?,36-,37-/m0/s1. The maximum Gasteiger partial charge on any atom is 0.414 e. The predicted octanol–water partition coefficient (Wildman–Crippen LogP) is 6.08. The molecule has 0 saturated heterocycles. The molecular formula is C41H36N2O12. The van der Waals surface area contributed by atoms with Crippen molar-refractivity contribution >= 4 is 52.5 Å². The molecule has 1 aromatic heterocycles. The lowest BCUT2D eigenvalue weighted by Gasteiger charge is -2.35. The molecule has 282 valence electrons. The Morgan fingerprint density at radius 1 is 0.764 bits per heavy atom. The van der Waals surface area contributed by atoms with Gasteiger partial charge in [-0.2, -0.15) is 0 Å². The molecule has 0 aliphatic carbocycles. The Morgan fingerprint density at radius 3 is 1.89 bits per heavy atom. The highest BCUT2D eigenvalue weighted by Gasteiger charge is 2.38. The van der Waals surface area contributed by atoms with E-state index in [1.807, 2.05) is 6.07 Å². The number of esters is 5. The first-order chi connectivity index (χ1) is 26.5. The smallest absolute Gasteiger partial charge is 0.414 e. The second-order valence-corrected chi connectivity index (χ2v) is 12.5. The number of anilines is 1. The van der Waals surface area contributed by atoms with E-state index in [0.717, 1.165) is 6.92 Å². The van der Waals surface area contributed by atoms with Crippen molar-refractivity contribution in [1.29, 1.82) is 0 Å². The molecule has 1 N–H and O–H groups in total. The number of amides is 1. The van der Waals surface area contributed by atoms with Gasteiger partial charge in [0.2, 0.25) is 12.2 Å². The third kappa shape index (κ3) is 8.82. The van der Waals surface area contributed by atoms with Crippen LogP contribution >= 0.6 is 0 Å². The monoisotopic (exact) mass is 748 g/mol. The minimum Gasteiger partial charge on any atom is -0.464 e. The van der Waals surface area contributed by atoms with Crippen molar-refractivity contribution in [3.05, 3.63) is 131 Å². The van der Waals surface area contributed by atoms with E-state index in [9.17, 15) is 28.8 Å². The van der Waals surface area contributed by atoms with E-state index in [-0.39, 0.29) is 42.2 Å². The molecule has 0 bridgehead atoms. The van der Waals surface area contributed by atoms with Crippen LogP contribution < -0.4 is 9.64 Å². The molecule has 0 spiro atoms. The number of carbonyl (C=O) groups excluding carboxylic acids is 6. The number of methoxy groups -OCH3 is 1. The number of benzene rings is 4. The average Bonchev–Trinajstić information content (AvgIpc) is 3.65. The summed E-state index contributed by atoms with van der Waals surface area (Å²) in [5.74, 6) is -4.14. The fraction of sp³-hybridized carbons (Fsp3) is 0.220. The van der Waals surface area contributed by atoms with Crippen LogP contribution in [0.1, 0.15) is 58.8 Å². The highest BCUT2D eigenvalue weighted by atomic mass is 16.6. The van der Waals surface area contributed by atoms with E-state index in [0.29, 0.717) is 27.6 Å². The molecule has 5 aromatic rings. The Balaban J connectivity index is 1.42. The normalized spacial score (nSPS) is 14.5. The van der Waals surface area contributed by atoms with Crippen molar-refractivity contribution in [2.75, 3.05) is 18.6 Å². The summed E-state index contributed by atoms with van der Waals surface area (Å²) in [7, 11) is 1.19. The Morgan fingerprint density at radius 2 is 1.33 bits per heavy atom. The first-order valence-electron chi connectivity index (χ1n) is 17.1. The number of hydrogen-bond donors (Lipinski definition) is 1. The van der Waals surface area contributed by atoms with Gasteiger partial charge in [-0.05, 0) is 17.2 Å². The van der Waals surface area contributed by atoms with E-state index >= 15 is 0 Å². The lowest BCUT2D eigenvalue weighted by atomic mass is 9.95. The lowest BCUT2D eigenvalue weighted by molar-refractivity contribution is -0.170. The van der Waals surface area contributed by atoms with Gasteiger partial charge in [0, 0.05) is 42.8 Å². The van der Waals surface area contributed by atoms with Gasteiger partial charge in [-0.3, -0.25) is 14.5 Å². The van der Waals surface area contributed by atoms with Gasteiger partial charge in [0.05, 0.1) is 24.9 Å². The summed E-state index contributed by atoms with van der Waals surface area (Å²) in [6.07, 6.45) is -4.67. The molecule has 14 heteroatoms. The number of hydrogen-bond acceptors (Lipinski definition) is 12. The average molecular weight is 749 g/mol. The third-order valence-corrected chi connectivity index (χ3v) is 8.60. The minimum atomic E-state index is -1.45. The molecule has 0 radical (unpaired) electrons. The second kappa shape index (κ2) is 16.8. The molecule has 6 rings (SSSR count). The summed E-state index contributed by atoms with van der Waals surface area (Å²) < 4.78 is 33.2. The molecule has 1 amide bonds. The third-order valence-electron chi connectivity index (χ3n) is 8.60. The summed E-state index contributed by atoms with van der Waals surface area (Å²) >= 11 is 0. The molecule has 1 aliphatic heterocycles. The van der Waals surface area contributed by atoms with E-state index in [4.69, 9.17) is 28.4 Å². The van der Waals surface area contributed by atoms with Gasteiger partial charge in [0.15, 0.2) is 5.75 Å². The molecule has 2 heterocycles. The van der Waals surface area contributed by atoms with Crippen molar-refractivity contribution in [2.24, 2.45) is 0 Å². The van der Waals surface area contributed by atoms with Gasteiger partial charge >= 0.3 is 35.9 Å². The van der Waals surface area contributed by atoms with E-state index in [2.05, 4.69) is 4.98 Å². The van der Waals surface area contributed by atoms with Crippen LogP contribution in [-0.4, -0.2) is 60.7 Å². The van der Waals surface area contributed by atoms with Gasteiger partial charge < -0.3 is 33.4 Å². The van der Waals surface area contributed by atoms with Gasteiger partial charge in [-0.25, -0.2) is 19.2 Å². The van der Waals surface area contributed by atoms with Crippen molar-refractivity contribution in [2.45, 2.75) is 45.2 Å². The first-order valence-corrected chi connectivity index (χ1v) is 17.1. The molecule has 0 fully saturated rings. The first kappa shape index (κ1) is 37.8. The number of aromatic amines is 1. The zero-order valence-corrected chi connectivity index (χ0v) is 30.0. The Bertz CT molecular complexity index is 2220. The number of rotatable bonds is 11. The molecular weight excluding hydrogens is 712 g/mol. The maximum absolute atomic E-state index is 14.0. The molecule has 1 unspecified atom stereocenters. The van der Waals surface area contributed by atoms with E-state index in [1.54, 1.807) is 84.9 Å². The van der Waals surface area contributed by atoms with Crippen LogP contribution in [0.25, 0.3) is 10.9 Å². The van der Waals surface area contributed by atoms with Gasteiger partial charge in [-0.1, -0.05) is 91.0 Å². The molecule has 0 saturated carbocycles. The topological polar surface area (TPSA) is 177 Å². The SMILES string of the molecule is COC(=O)c1cc2c3c(cc(OC(=O)[C@@H](OC(C)=O)c4ccccc4)c2[nH]1)N(C(=O)OCc1ccccc1)CC(OC(=O)[C@@H](OC(C)=O)c1ccccc1)C3. The number of fused-ring (bicyclic) bond motifs is 3. The highest BCUT2D eigenvalue weighted by molar-refractivity contribution is 6.04. The fourth-order valence-electron chi connectivity index (χ4n) is 6.19. The summed E-state index contributed by atoms with van der Waals surface area (Å²) in [6, 6.07) is 28.4. The Kier molecular flexibility index (Phi) is 11.5. The number of nitrogens with zero attached hydrogens (tertiary/aromatic N) is 1. The number of ether oxygens (including phenoxy) is 6. The van der Waals surface area contributed by atoms with Crippen LogP contribution in [0.5, 0.6) is 5.75 Å². The van der Waals surface area contributed by atoms with E-state index < -0.39 is 54.3 Å². The van der Waals surface area contributed by atoms with Gasteiger partial charge in [0.25, 0.3) is 0 Å². The van der Waals surface area contributed by atoms with Crippen LogP contribution in [0, 0.1) is 0 Å². The van der Waals surface area contributed by atoms with Crippen molar-refractivity contribution < 1.29 is 57.2 Å². The van der Waals surface area contributed by atoms with Crippen LogP contribution in [0.2, 0.25) is 0 Å². The van der Waals surface area contributed by atoms with Crippen molar-refractivity contribution in [1.82, 2.24) is 4.98 Å². The highest BCUT2D eigenvalue weighted by Crippen LogP contribution is 2.41. The summed E-state index contributed by atoms with van der Waals surface area (Å²) in [4.78, 5) is 82.4. The number of carbonyl (C=O) groups is 6. The minimum absolute atomic E-state index is 0.00833. The molecule has 1 aliphatic rings. The largest absolute Gasteiger partial charge is 0.464 e. The molecule has 55 heavy (non-hydrogen) atoms. The fourth-order valence-corrected chi connectivity index (χ4v) is 6.19. The summed E-state index contributed by atoms with van der Waals surface area (Å²) in [5.41, 5.74) is 2.22.